The number of aryl methyl sites for hydroxylation is 1. The van der Waals surface area contributed by atoms with Crippen LogP contribution in [0.25, 0.3) is 0 Å². The second-order valence-corrected chi connectivity index (χ2v) is 7.09. The number of carbonyl (C=O) groups excluding carboxylic acids is 2. The zero-order chi connectivity index (χ0) is 16.9. The lowest BCUT2D eigenvalue weighted by Crippen LogP contribution is -2.36. The van der Waals surface area contributed by atoms with Crippen molar-refractivity contribution in [3.8, 4) is 0 Å². The quantitative estimate of drug-likeness (QED) is 0.811. The SMILES string of the molecule is Cc1ccc(C2(C)CC(=O)N(Cc3ncc(C4CC4)o3)C2=O)cc1. The van der Waals surface area contributed by atoms with Crippen LogP contribution >= 0.6 is 0 Å². The van der Waals surface area contributed by atoms with Gasteiger partial charge in [0, 0.05) is 12.3 Å². The number of hydrogen-bond donors (Lipinski definition) is 0. The Kier molecular flexibility index (Phi) is 3.34. The van der Waals surface area contributed by atoms with Gasteiger partial charge in [-0.1, -0.05) is 29.8 Å². The standard InChI is InChI=1S/C19H20N2O3/c1-12-3-7-14(8-4-12)19(2)9-17(22)21(18(19)23)11-16-20-10-15(24-16)13-5-6-13/h3-4,7-8,10,13H,5-6,9,11H2,1-2H3. The highest BCUT2D eigenvalue weighted by Crippen LogP contribution is 2.41. The number of nitrogens with zero attached hydrogens (tertiary/aromatic N) is 2. The summed E-state index contributed by atoms with van der Waals surface area (Å²) in [6.07, 6.45) is 4.16. The average Bonchev–Trinajstić information content (AvgIpc) is 3.26. The third-order valence-electron chi connectivity index (χ3n) is 5.06. The van der Waals surface area contributed by atoms with Crippen molar-refractivity contribution in [1.29, 1.82) is 0 Å². The van der Waals surface area contributed by atoms with Gasteiger partial charge in [-0.2, -0.15) is 0 Å². The minimum atomic E-state index is -0.809. The van der Waals surface area contributed by atoms with Crippen molar-refractivity contribution in [2.75, 3.05) is 0 Å². The summed E-state index contributed by atoms with van der Waals surface area (Å²) >= 11 is 0. The van der Waals surface area contributed by atoms with Gasteiger partial charge in [-0.15, -0.1) is 0 Å². The number of benzene rings is 1. The maximum Gasteiger partial charge on any atom is 0.240 e. The van der Waals surface area contributed by atoms with Crippen molar-refractivity contribution in [2.24, 2.45) is 0 Å². The summed E-state index contributed by atoms with van der Waals surface area (Å²) in [5, 5.41) is 0. The molecule has 2 aromatic rings. The van der Waals surface area contributed by atoms with Gasteiger partial charge in [0.2, 0.25) is 17.7 Å². The van der Waals surface area contributed by atoms with Crippen LogP contribution in [-0.2, 0) is 21.5 Å². The third-order valence-corrected chi connectivity index (χ3v) is 5.06. The van der Waals surface area contributed by atoms with E-state index in [0.717, 1.165) is 29.7 Å². The number of likely N-dealkylation sites (tertiary alicyclic amines) is 1. The second-order valence-electron chi connectivity index (χ2n) is 7.09. The first-order valence-electron chi connectivity index (χ1n) is 8.34. The van der Waals surface area contributed by atoms with Crippen LogP contribution in [-0.4, -0.2) is 21.7 Å². The Morgan fingerprint density at radius 2 is 1.96 bits per heavy atom. The Labute approximate surface area is 140 Å². The minimum Gasteiger partial charge on any atom is -0.443 e. The fourth-order valence-electron chi connectivity index (χ4n) is 3.28. The van der Waals surface area contributed by atoms with Gasteiger partial charge in [0.15, 0.2) is 0 Å². The summed E-state index contributed by atoms with van der Waals surface area (Å²) in [5.74, 6) is 1.42. The first-order chi connectivity index (χ1) is 11.5. The molecule has 1 aliphatic carbocycles. The number of oxazole rings is 1. The summed E-state index contributed by atoms with van der Waals surface area (Å²) in [6, 6.07) is 7.80. The molecule has 1 unspecified atom stereocenters. The third kappa shape index (κ3) is 2.44. The highest BCUT2D eigenvalue weighted by atomic mass is 16.4. The monoisotopic (exact) mass is 324 g/mol. The Morgan fingerprint density at radius 3 is 2.62 bits per heavy atom. The van der Waals surface area contributed by atoms with Gasteiger partial charge in [0.1, 0.15) is 12.3 Å². The second kappa shape index (κ2) is 5.30. The van der Waals surface area contributed by atoms with Gasteiger partial charge in [-0.05, 0) is 32.3 Å². The van der Waals surface area contributed by atoms with Crippen molar-refractivity contribution < 1.29 is 14.0 Å². The Balaban J connectivity index is 1.57. The van der Waals surface area contributed by atoms with E-state index >= 15 is 0 Å². The molecule has 2 aliphatic rings. The fourth-order valence-corrected chi connectivity index (χ4v) is 3.28. The Hall–Kier alpha value is -2.43. The average molecular weight is 324 g/mol. The molecule has 1 atom stereocenters. The molecule has 0 N–H and O–H groups in total. The molecular weight excluding hydrogens is 304 g/mol. The molecule has 124 valence electrons. The molecule has 0 bridgehead atoms. The van der Waals surface area contributed by atoms with E-state index in [-0.39, 0.29) is 24.8 Å². The van der Waals surface area contributed by atoms with E-state index in [1.54, 1.807) is 6.20 Å². The van der Waals surface area contributed by atoms with E-state index < -0.39 is 5.41 Å². The molecule has 4 rings (SSSR count). The molecule has 0 spiro atoms. The summed E-state index contributed by atoms with van der Waals surface area (Å²) in [6.45, 7) is 3.95. The summed E-state index contributed by atoms with van der Waals surface area (Å²) in [5.41, 5.74) is 1.19. The smallest absolute Gasteiger partial charge is 0.240 e. The maximum atomic E-state index is 12.9. The van der Waals surface area contributed by atoms with Crippen molar-refractivity contribution in [1.82, 2.24) is 9.88 Å². The zero-order valence-corrected chi connectivity index (χ0v) is 13.9. The molecule has 2 amide bonds. The molecule has 1 aromatic carbocycles. The minimum absolute atomic E-state index is 0.117. The lowest BCUT2D eigenvalue weighted by atomic mass is 9.81. The van der Waals surface area contributed by atoms with Gasteiger partial charge in [-0.25, -0.2) is 4.98 Å². The van der Waals surface area contributed by atoms with Crippen LogP contribution in [0.4, 0.5) is 0 Å². The van der Waals surface area contributed by atoms with Crippen LogP contribution in [0.3, 0.4) is 0 Å². The molecule has 1 saturated carbocycles. The molecule has 0 radical (unpaired) electrons. The molecule has 2 fully saturated rings. The lowest BCUT2D eigenvalue weighted by molar-refractivity contribution is -0.140. The zero-order valence-electron chi connectivity index (χ0n) is 13.9. The first kappa shape index (κ1) is 15.1. The fraction of sp³-hybridized carbons (Fsp3) is 0.421. The number of amides is 2. The van der Waals surface area contributed by atoms with Crippen LogP contribution < -0.4 is 0 Å². The highest BCUT2D eigenvalue weighted by Gasteiger charge is 2.49. The van der Waals surface area contributed by atoms with E-state index in [1.807, 2.05) is 38.1 Å². The maximum absolute atomic E-state index is 12.9. The normalized spacial score (nSPS) is 24.0. The van der Waals surface area contributed by atoms with Gasteiger partial charge in [0.25, 0.3) is 0 Å². The first-order valence-corrected chi connectivity index (χ1v) is 8.34. The van der Waals surface area contributed by atoms with E-state index in [4.69, 9.17) is 4.42 Å². The van der Waals surface area contributed by atoms with Crippen LogP contribution in [0.15, 0.2) is 34.9 Å². The Bertz CT molecular complexity index is 804. The molecular formula is C19H20N2O3. The molecule has 1 aliphatic heterocycles. The summed E-state index contributed by atoms with van der Waals surface area (Å²) in [4.78, 5) is 30.9. The van der Waals surface area contributed by atoms with Crippen LogP contribution in [0, 0.1) is 6.92 Å². The van der Waals surface area contributed by atoms with Crippen molar-refractivity contribution in [3.05, 3.63) is 53.2 Å². The number of carbonyl (C=O) groups is 2. The largest absolute Gasteiger partial charge is 0.443 e. The molecule has 2 heterocycles. The number of aromatic nitrogens is 1. The number of hydrogen-bond acceptors (Lipinski definition) is 4. The highest BCUT2D eigenvalue weighted by molar-refractivity contribution is 6.08. The Morgan fingerprint density at radius 1 is 1.25 bits per heavy atom. The van der Waals surface area contributed by atoms with Crippen LogP contribution in [0.1, 0.15) is 54.9 Å². The topological polar surface area (TPSA) is 63.4 Å². The lowest BCUT2D eigenvalue weighted by Gasteiger charge is -2.22. The van der Waals surface area contributed by atoms with Crippen molar-refractivity contribution >= 4 is 11.8 Å². The molecule has 5 nitrogen and oxygen atoms in total. The van der Waals surface area contributed by atoms with Gasteiger partial charge in [-0.3, -0.25) is 14.5 Å². The van der Waals surface area contributed by atoms with E-state index in [9.17, 15) is 9.59 Å². The summed E-state index contributed by atoms with van der Waals surface area (Å²) < 4.78 is 5.70. The van der Waals surface area contributed by atoms with Crippen molar-refractivity contribution in [3.63, 3.8) is 0 Å². The number of rotatable bonds is 4. The summed E-state index contributed by atoms with van der Waals surface area (Å²) in [7, 11) is 0. The van der Waals surface area contributed by atoms with Crippen LogP contribution in [0.2, 0.25) is 0 Å². The van der Waals surface area contributed by atoms with Crippen molar-refractivity contribution in [2.45, 2.75) is 51.0 Å². The molecule has 1 aromatic heterocycles. The molecule has 24 heavy (non-hydrogen) atoms. The molecule has 5 heteroatoms. The number of imide groups is 1. The van der Waals surface area contributed by atoms with Gasteiger partial charge in [0.05, 0.1) is 11.6 Å². The molecule has 1 saturated heterocycles. The van der Waals surface area contributed by atoms with E-state index in [1.165, 1.54) is 4.90 Å². The van der Waals surface area contributed by atoms with Gasteiger partial charge >= 0.3 is 0 Å². The predicted molar refractivity (Wildman–Crippen MR) is 87.2 cm³/mol. The van der Waals surface area contributed by atoms with E-state index in [0.29, 0.717) is 11.8 Å². The van der Waals surface area contributed by atoms with Crippen LogP contribution in [0.5, 0.6) is 0 Å². The predicted octanol–water partition coefficient (Wildman–Crippen LogP) is 3.08. The van der Waals surface area contributed by atoms with E-state index in [2.05, 4.69) is 4.98 Å². The van der Waals surface area contributed by atoms with Gasteiger partial charge < -0.3 is 4.42 Å².